The van der Waals surface area contributed by atoms with Crippen LogP contribution in [0.2, 0.25) is 0 Å². The van der Waals surface area contributed by atoms with E-state index in [1.807, 2.05) is 0 Å². The quantitative estimate of drug-likeness (QED) is 0.0172. The van der Waals surface area contributed by atoms with Gasteiger partial charge in [-0.05, 0) is 77.0 Å². The molecule has 11 unspecified atom stereocenters. The molecule has 0 aromatic rings. The smallest absolute Gasteiger partial charge is 0.306 e. The van der Waals surface area contributed by atoms with Crippen molar-refractivity contribution in [2.45, 2.75) is 268 Å². The summed E-state index contributed by atoms with van der Waals surface area (Å²) in [5, 5.41) is 72.3. The lowest BCUT2D eigenvalue weighted by Crippen LogP contribution is -2.61. The lowest BCUT2D eigenvalue weighted by molar-refractivity contribution is -0.332. The highest BCUT2D eigenvalue weighted by molar-refractivity contribution is 5.69. The van der Waals surface area contributed by atoms with Crippen LogP contribution in [0.4, 0.5) is 0 Å². The SMILES string of the molecule is CC/C=C\C/C=C\C/C=C\C/C=C\CCCCCCCCCCCCCOCC(COC1OC(COC2OC(CO)C(O)C(O)C2O)C(O)C(O)C1O)OC(=O)CCCCCCC/C=C\CCCCCCC. The molecule has 2 rings (SSSR count). The summed E-state index contributed by atoms with van der Waals surface area (Å²) in [5.41, 5.74) is 0. The molecule has 2 aliphatic rings. The molecule has 0 aromatic carbocycles. The molecule has 11 atom stereocenters. The van der Waals surface area contributed by atoms with E-state index in [-0.39, 0.29) is 25.6 Å². The Morgan fingerprint density at radius 1 is 0.472 bits per heavy atom. The van der Waals surface area contributed by atoms with Crippen molar-refractivity contribution in [3.05, 3.63) is 60.8 Å². The van der Waals surface area contributed by atoms with Gasteiger partial charge in [-0.15, -0.1) is 0 Å². The van der Waals surface area contributed by atoms with Crippen LogP contribution in [0.1, 0.15) is 200 Å². The van der Waals surface area contributed by atoms with Crippen molar-refractivity contribution in [2.75, 3.05) is 33.0 Å². The molecule has 2 aliphatic heterocycles. The maximum absolute atomic E-state index is 13.0. The fraction of sp³-hybridized carbons (Fsp3) is 0.810. The Morgan fingerprint density at radius 3 is 1.43 bits per heavy atom. The molecule has 0 aliphatic carbocycles. The molecule has 2 fully saturated rings. The Hall–Kier alpha value is -2.31. The number of hydrogen-bond donors (Lipinski definition) is 7. The minimum Gasteiger partial charge on any atom is -0.457 e. The van der Waals surface area contributed by atoms with E-state index in [0.717, 1.165) is 89.9 Å². The number of unbranched alkanes of at least 4 members (excludes halogenated alkanes) is 21. The van der Waals surface area contributed by atoms with E-state index in [9.17, 15) is 40.5 Å². The highest BCUT2D eigenvalue weighted by Crippen LogP contribution is 2.26. The third kappa shape index (κ3) is 31.5. The molecule has 2 saturated heterocycles. The van der Waals surface area contributed by atoms with Crippen LogP contribution in [0.15, 0.2) is 60.8 Å². The third-order valence-corrected chi connectivity index (χ3v) is 13.3. The maximum atomic E-state index is 13.0. The van der Waals surface area contributed by atoms with E-state index >= 15 is 0 Å². The average Bonchev–Trinajstić information content (AvgIpc) is 3.38. The number of aliphatic hydroxyl groups is 7. The zero-order valence-electron chi connectivity index (χ0n) is 44.7. The molecular formula is C58H102O14. The van der Waals surface area contributed by atoms with Crippen LogP contribution in [-0.2, 0) is 33.2 Å². The first-order valence-corrected chi connectivity index (χ1v) is 28.4. The van der Waals surface area contributed by atoms with Crippen LogP contribution in [0.25, 0.3) is 0 Å². The number of esters is 1. The van der Waals surface area contributed by atoms with E-state index < -0.39 is 80.7 Å². The summed E-state index contributed by atoms with van der Waals surface area (Å²) in [6.07, 6.45) is 38.5. The second-order valence-electron chi connectivity index (χ2n) is 19.7. The fourth-order valence-corrected chi connectivity index (χ4v) is 8.68. The Labute approximate surface area is 434 Å². The number of rotatable bonds is 45. The molecule has 72 heavy (non-hydrogen) atoms. The van der Waals surface area contributed by atoms with Gasteiger partial charge in [-0.1, -0.05) is 177 Å². The average molecular weight is 1020 g/mol. The molecule has 0 aromatic heterocycles. The Balaban J connectivity index is 1.70. The number of carbonyl (C=O) groups excluding carboxylic acids is 1. The molecular weight excluding hydrogens is 921 g/mol. The highest BCUT2D eigenvalue weighted by Gasteiger charge is 2.47. The van der Waals surface area contributed by atoms with Gasteiger partial charge in [0.1, 0.15) is 54.9 Å². The van der Waals surface area contributed by atoms with Crippen LogP contribution in [0.3, 0.4) is 0 Å². The molecule has 0 amide bonds. The molecule has 0 radical (unpaired) electrons. The number of allylic oxidation sites excluding steroid dienone is 10. The molecule has 14 heteroatoms. The van der Waals surface area contributed by atoms with Crippen molar-refractivity contribution < 1.29 is 69.0 Å². The van der Waals surface area contributed by atoms with E-state index in [0.29, 0.717) is 13.0 Å². The second kappa shape index (κ2) is 44.9. The van der Waals surface area contributed by atoms with Gasteiger partial charge in [0.15, 0.2) is 12.6 Å². The second-order valence-corrected chi connectivity index (χ2v) is 19.7. The van der Waals surface area contributed by atoms with Gasteiger partial charge in [-0.3, -0.25) is 4.79 Å². The number of hydrogen-bond acceptors (Lipinski definition) is 14. The predicted molar refractivity (Wildman–Crippen MR) is 284 cm³/mol. The first-order chi connectivity index (χ1) is 35.1. The van der Waals surface area contributed by atoms with Gasteiger partial charge in [0, 0.05) is 13.0 Å². The van der Waals surface area contributed by atoms with Crippen molar-refractivity contribution in [3.8, 4) is 0 Å². The summed E-state index contributed by atoms with van der Waals surface area (Å²) in [6, 6.07) is 0. The first-order valence-electron chi connectivity index (χ1n) is 28.4. The monoisotopic (exact) mass is 1020 g/mol. The van der Waals surface area contributed by atoms with Crippen LogP contribution in [-0.4, -0.2) is 142 Å². The fourth-order valence-electron chi connectivity index (χ4n) is 8.68. The maximum Gasteiger partial charge on any atom is 0.306 e. The zero-order valence-corrected chi connectivity index (χ0v) is 44.7. The largest absolute Gasteiger partial charge is 0.457 e. The van der Waals surface area contributed by atoms with Crippen LogP contribution < -0.4 is 0 Å². The van der Waals surface area contributed by atoms with Gasteiger partial charge in [0.25, 0.3) is 0 Å². The van der Waals surface area contributed by atoms with Gasteiger partial charge >= 0.3 is 5.97 Å². The molecule has 418 valence electrons. The summed E-state index contributed by atoms with van der Waals surface area (Å²) < 4.78 is 34.3. The van der Waals surface area contributed by atoms with E-state index in [4.69, 9.17) is 28.4 Å². The van der Waals surface area contributed by atoms with Crippen LogP contribution in [0, 0.1) is 0 Å². The van der Waals surface area contributed by atoms with E-state index in [1.165, 1.54) is 83.5 Å². The Morgan fingerprint density at radius 2 is 0.903 bits per heavy atom. The summed E-state index contributed by atoms with van der Waals surface area (Å²) in [5.74, 6) is -0.387. The molecule has 0 spiro atoms. The topological polar surface area (TPSA) is 214 Å². The van der Waals surface area contributed by atoms with Crippen LogP contribution in [0.5, 0.6) is 0 Å². The minimum atomic E-state index is -1.71. The van der Waals surface area contributed by atoms with Crippen molar-refractivity contribution in [1.82, 2.24) is 0 Å². The molecule has 0 saturated carbocycles. The highest BCUT2D eigenvalue weighted by atomic mass is 16.7. The summed E-state index contributed by atoms with van der Waals surface area (Å²) >= 11 is 0. The standard InChI is InChI=1S/C58H102O14/c1-3-5-7-9-11-13-15-17-19-20-21-22-23-24-25-26-27-28-30-32-34-36-38-40-42-67-44-47(70-50(60)41-39-37-35-33-31-29-18-16-14-12-10-8-6-4-2)45-68-57-56(66)54(64)52(62)49(72-57)46-69-58-55(65)53(63)51(61)48(43-59)71-58/h5,7,11,13,16-19,21-22,47-49,51-59,61-66H,3-4,6,8-10,12,14-15,20,23-46H2,1-2H3/b7-5-,13-11-,18-16-,19-17-,22-21-. The minimum absolute atomic E-state index is 0.0546. The lowest BCUT2D eigenvalue weighted by Gasteiger charge is -2.42. The van der Waals surface area contributed by atoms with Crippen molar-refractivity contribution in [2.24, 2.45) is 0 Å². The van der Waals surface area contributed by atoms with Gasteiger partial charge in [0.2, 0.25) is 0 Å². The Kier molecular flexibility index (Phi) is 41.1. The van der Waals surface area contributed by atoms with Gasteiger partial charge in [0.05, 0.1) is 26.4 Å². The number of carbonyl (C=O) groups is 1. The van der Waals surface area contributed by atoms with Gasteiger partial charge < -0.3 is 64.2 Å². The lowest BCUT2D eigenvalue weighted by atomic mass is 9.98. The van der Waals surface area contributed by atoms with Crippen molar-refractivity contribution in [1.29, 1.82) is 0 Å². The third-order valence-electron chi connectivity index (χ3n) is 13.3. The molecule has 2 heterocycles. The van der Waals surface area contributed by atoms with Crippen LogP contribution >= 0.6 is 0 Å². The molecule has 7 N–H and O–H groups in total. The molecule has 0 bridgehead atoms. The van der Waals surface area contributed by atoms with Gasteiger partial charge in [-0.2, -0.15) is 0 Å². The number of ether oxygens (including phenoxy) is 6. The molecule has 14 nitrogen and oxygen atoms in total. The van der Waals surface area contributed by atoms with Crippen molar-refractivity contribution in [3.63, 3.8) is 0 Å². The van der Waals surface area contributed by atoms with E-state index in [1.54, 1.807) is 0 Å². The summed E-state index contributed by atoms with van der Waals surface area (Å²) in [6.45, 7) is 3.55. The Bertz CT molecular complexity index is 1420. The normalized spacial score (nSPS) is 25.6. The zero-order chi connectivity index (χ0) is 52.3. The predicted octanol–water partition coefficient (Wildman–Crippen LogP) is 9.69. The number of aliphatic hydroxyl groups excluding tert-OH is 7. The van der Waals surface area contributed by atoms with E-state index in [2.05, 4.69) is 74.6 Å². The van der Waals surface area contributed by atoms with Gasteiger partial charge in [-0.25, -0.2) is 0 Å². The van der Waals surface area contributed by atoms with Crippen molar-refractivity contribution >= 4 is 5.97 Å². The first kappa shape index (κ1) is 65.8. The summed E-state index contributed by atoms with van der Waals surface area (Å²) in [7, 11) is 0. The summed E-state index contributed by atoms with van der Waals surface area (Å²) in [4.78, 5) is 13.0.